The van der Waals surface area contributed by atoms with E-state index in [0.717, 1.165) is 25.9 Å². The van der Waals surface area contributed by atoms with Crippen molar-refractivity contribution in [3.05, 3.63) is 0 Å². The Hall–Kier alpha value is -2.19. The van der Waals surface area contributed by atoms with Gasteiger partial charge in [0.15, 0.2) is 0 Å². The second-order valence-corrected chi connectivity index (χ2v) is 5.92. The summed E-state index contributed by atoms with van der Waals surface area (Å²) in [4.78, 5) is 25.6. The third-order valence-corrected chi connectivity index (χ3v) is 3.86. The molecule has 0 bridgehead atoms. The molecule has 0 unspecified atom stereocenters. The number of anilines is 1. The van der Waals surface area contributed by atoms with Crippen molar-refractivity contribution in [1.29, 1.82) is 0 Å². The minimum absolute atomic E-state index is 0.0174. The Morgan fingerprint density at radius 1 is 1.36 bits per heavy atom. The lowest BCUT2D eigenvalue weighted by atomic mass is 9.96. The molecule has 22 heavy (non-hydrogen) atoms. The maximum atomic E-state index is 11.9. The van der Waals surface area contributed by atoms with Gasteiger partial charge in [-0.15, -0.1) is 0 Å². The second kappa shape index (κ2) is 7.19. The second-order valence-electron chi connectivity index (χ2n) is 5.92. The number of carbonyl (C=O) groups excluding carboxylic acids is 2. The molecule has 9 nitrogen and oxygen atoms in total. The molecule has 1 saturated heterocycles. The van der Waals surface area contributed by atoms with Crippen molar-refractivity contribution in [2.75, 3.05) is 25.4 Å². The molecule has 0 spiro atoms. The zero-order chi connectivity index (χ0) is 16.1. The van der Waals surface area contributed by atoms with Gasteiger partial charge in [-0.2, -0.15) is 0 Å². The third kappa shape index (κ3) is 4.15. The Bertz CT molecular complexity index is 520. The number of tetrazole rings is 1. The van der Waals surface area contributed by atoms with Crippen LogP contribution in [0.5, 0.6) is 0 Å². The standard InChI is InChI=1S/C13H23N7O2/c1-9(2)12(22)19-5-3-10(4-6-19)7-15-11(21)8-20-13(14)16-17-18-20/h9-10H,3-8H2,1-2H3,(H,15,21)(H2,14,16,18). The van der Waals surface area contributed by atoms with Gasteiger partial charge in [-0.25, -0.2) is 4.68 Å². The highest BCUT2D eigenvalue weighted by Crippen LogP contribution is 2.18. The first-order valence-electron chi connectivity index (χ1n) is 7.54. The van der Waals surface area contributed by atoms with E-state index in [1.165, 1.54) is 4.68 Å². The van der Waals surface area contributed by atoms with Crippen LogP contribution < -0.4 is 11.1 Å². The summed E-state index contributed by atoms with van der Waals surface area (Å²) >= 11 is 0. The van der Waals surface area contributed by atoms with E-state index in [2.05, 4.69) is 20.8 Å². The Morgan fingerprint density at radius 2 is 2.05 bits per heavy atom. The molecule has 122 valence electrons. The fourth-order valence-corrected chi connectivity index (χ4v) is 2.50. The normalized spacial score (nSPS) is 16.0. The Labute approximate surface area is 129 Å². The molecule has 2 heterocycles. The van der Waals surface area contributed by atoms with E-state index in [0.29, 0.717) is 12.5 Å². The van der Waals surface area contributed by atoms with Gasteiger partial charge < -0.3 is 16.0 Å². The van der Waals surface area contributed by atoms with Crippen LogP contribution in [0.1, 0.15) is 26.7 Å². The monoisotopic (exact) mass is 309 g/mol. The van der Waals surface area contributed by atoms with Crippen molar-refractivity contribution in [3.63, 3.8) is 0 Å². The predicted molar refractivity (Wildman–Crippen MR) is 79.4 cm³/mol. The fraction of sp³-hybridized carbons (Fsp3) is 0.769. The number of carbonyl (C=O) groups is 2. The fourth-order valence-electron chi connectivity index (χ4n) is 2.50. The van der Waals surface area contributed by atoms with Crippen LogP contribution in [0.4, 0.5) is 5.95 Å². The van der Waals surface area contributed by atoms with Crippen LogP contribution >= 0.6 is 0 Å². The molecule has 0 atom stereocenters. The highest BCUT2D eigenvalue weighted by molar-refractivity contribution is 5.78. The highest BCUT2D eigenvalue weighted by Gasteiger charge is 2.24. The van der Waals surface area contributed by atoms with Crippen LogP contribution in [-0.2, 0) is 16.1 Å². The van der Waals surface area contributed by atoms with Gasteiger partial charge in [0.1, 0.15) is 6.54 Å². The van der Waals surface area contributed by atoms with E-state index in [9.17, 15) is 9.59 Å². The molecule has 0 radical (unpaired) electrons. The number of rotatable bonds is 5. The summed E-state index contributed by atoms with van der Waals surface area (Å²) in [6, 6.07) is 0. The smallest absolute Gasteiger partial charge is 0.241 e. The first-order chi connectivity index (χ1) is 10.5. The minimum atomic E-state index is -0.167. The van der Waals surface area contributed by atoms with E-state index in [-0.39, 0.29) is 30.2 Å². The number of aromatic nitrogens is 4. The molecule has 1 aromatic rings. The maximum Gasteiger partial charge on any atom is 0.241 e. The largest absolute Gasteiger partial charge is 0.367 e. The van der Waals surface area contributed by atoms with Gasteiger partial charge >= 0.3 is 0 Å². The molecular formula is C13H23N7O2. The lowest BCUT2D eigenvalue weighted by Gasteiger charge is -2.33. The summed E-state index contributed by atoms with van der Waals surface area (Å²) in [5.74, 6) is 0.594. The molecule has 1 aromatic heterocycles. The van der Waals surface area contributed by atoms with Crippen molar-refractivity contribution < 1.29 is 9.59 Å². The summed E-state index contributed by atoms with van der Waals surface area (Å²) in [6.45, 7) is 5.97. The van der Waals surface area contributed by atoms with Gasteiger partial charge in [-0.05, 0) is 29.2 Å². The first-order valence-corrected chi connectivity index (χ1v) is 7.54. The summed E-state index contributed by atoms with van der Waals surface area (Å²) in [5, 5.41) is 13.4. The van der Waals surface area contributed by atoms with Crippen molar-refractivity contribution in [1.82, 2.24) is 30.4 Å². The van der Waals surface area contributed by atoms with Gasteiger partial charge in [-0.3, -0.25) is 9.59 Å². The molecule has 0 aromatic carbocycles. The molecule has 1 aliphatic rings. The van der Waals surface area contributed by atoms with E-state index in [4.69, 9.17) is 5.73 Å². The molecule has 2 amide bonds. The zero-order valence-corrected chi connectivity index (χ0v) is 13.0. The quantitative estimate of drug-likeness (QED) is 0.740. The maximum absolute atomic E-state index is 11.9. The van der Waals surface area contributed by atoms with E-state index < -0.39 is 0 Å². The number of hydrogen-bond acceptors (Lipinski definition) is 6. The average Bonchev–Trinajstić information content (AvgIpc) is 2.90. The molecule has 1 aliphatic heterocycles. The Balaban J connectivity index is 1.69. The van der Waals surface area contributed by atoms with Gasteiger partial charge in [0.05, 0.1) is 0 Å². The van der Waals surface area contributed by atoms with E-state index in [1.807, 2.05) is 18.7 Å². The number of nitrogens with zero attached hydrogens (tertiary/aromatic N) is 5. The van der Waals surface area contributed by atoms with Crippen LogP contribution in [-0.4, -0.2) is 56.6 Å². The lowest BCUT2D eigenvalue weighted by Crippen LogP contribution is -2.43. The van der Waals surface area contributed by atoms with Crippen LogP contribution in [0, 0.1) is 11.8 Å². The minimum Gasteiger partial charge on any atom is -0.367 e. The first kappa shape index (κ1) is 16.2. The Kier molecular flexibility index (Phi) is 5.29. The molecule has 0 saturated carbocycles. The van der Waals surface area contributed by atoms with Crippen LogP contribution in [0.3, 0.4) is 0 Å². The third-order valence-electron chi connectivity index (χ3n) is 3.86. The summed E-state index contributed by atoms with van der Waals surface area (Å²) in [7, 11) is 0. The summed E-state index contributed by atoms with van der Waals surface area (Å²) in [6.07, 6.45) is 1.82. The predicted octanol–water partition coefficient (Wildman–Crippen LogP) is -0.734. The summed E-state index contributed by atoms with van der Waals surface area (Å²) < 4.78 is 1.25. The molecule has 2 rings (SSSR count). The van der Waals surface area contributed by atoms with Crippen molar-refractivity contribution in [3.8, 4) is 0 Å². The topological polar surface area (TPSA) is 119 Å². The average molecular weight is 309 g/mol. The van der Waals surface area contributed by atoms with Crippen LogP contribution in [0.15, 0.2) is 0 Å². The van der Waals surface area contributed by atoms with E-state index >= 15 is 0 Å². The molecular weight excluding hydrogens is 286 g/mol. The number of piperidine rings is 1. The number of nitrogens with two attached hydrogens (primary N) is 1. The van der Waals surface area contributed by atoms with Crippen molar-refractivity contribution in [2.24, 2.45) is 11.8 Å². The number of amides is 2. The van der Waals surface area contributed by atoms with Crippen molar-refractivity contribution in [2.45, 2.75) is 33.2 Å². The molecule has 1 fully saturated rings. The number of hydrogen-bond donors (Lipinski definition) is 2. The van der Waals surface area contributed by atoms with Crippen molar-refractivity contribution >= 4 is 17.8 Å². The highest BCUT2D eigenvalue weighted by atomic mass is 16.2. The van der Waals surface area contributed by atoms with Gasteiger partial charge in [0, 0.05) is 25.6 Å². The van der Waals surface area contributed by atoms with Gasteiger partial charge in [0.25, 0.3) is 0 Å². The zero-order valence-electron chi connectivity index (χ0n) is 13.0. The number of nitrogens with one attached hydrogen (secondary N) is 1. The van der Waals surface area contributed by atoms with Gasteiger partial charge in [-0.1, -0.05) is 18.9 Å². The lowest BCUT2D eigenvalue weighted by molar-refractivity contribution is -0.136. The van der Waals surface area contributed by atoms with Crippen LogP contribution in [0.25, 0.3) is 0 Å². The number of nitrogen functional groups attached to an aromatic ring is 1. The Morgan fingerprint density at radius 3 is 2.59 bits per heavy atom. The SMILES string of the molecule is CC(C)C(=O)N1CCC(CNC(=O)Cn2nnnc2N)CC1. The molecule has 0 aliphatic carbocycles. The molecule has 9 heteroatoms. The van der Waals surface area contributed by atoms with Gasteiger partial charge in [0.2, 0.25) is 17.8 Å². The van der Waals surface area contributed by atoms with Crippen LogP contribution in [0.2, 0.25) is 0 Å². The molecule has 3 N–H and O–H groups in total. The van der Waals surface area contributed by atoms with E-state index in [1.54, 1.807) is 0 Å². The number of likely N-dealkylation sites (tertiary alicyclic amines) is 1. The summed E-state index contributed by atoms with van der Waals surface area (Å²) in [5.41, 5.74) is 5.51.